The fraction of sp³-hybridized carbons (Fsp3) is 0.259. The van der Waals surface area contributed by atoms with Crippen LogP contribution < -0.4 is 10.6 Å². The molecule has 0 unspecified atom stereocenters. The van der Waals surface area contributed by atoms with Gasteiger partial charge in [0.15, 0.2) is 5.82 Å². The molecule has 1 saturated heterocycles. The average molecular weight is 548 g/mol. The van der Waals surface area contributed by atoms with Crippen molar-refractivity contribution in [3.8, 4) is 22.6 Å². The number of carboxylic acids is 1. The zero-order chi connectivity index (χ0) is 28.1. The number of carbonyl (C=O) groups excluding carboxylic acids is 1. The van der Waals surface area contributed by atoms with E-state index in [1.54, 1.807) is 49.6 Å². The van der Waals surface area contributed by atoms with Gasteiger partial charge in [-0.1, -0.05) is 0 Å². The first-order valence-corrected chi connectivity index (χ1v) is 12.4. The number of H-pyrrole nitrogens is 1. The molecule has 13 heteroatoms. The molecule has 1 fully saturated rings. The minimum absolute atomic E-state index is 0.0711. The number of hydrogen-bond acceptors (Lipinski definition) is 9. The van der Waals surface area contributed by atoms with E-state index in [-0.39, 0.29) is 38.0 Å². The number of aromatic amines is 1. The van der Waals surface area contributed by atoms with Crippen LogP contribution in [0.2, 0.25) is 0 Å². The van der Waals surface area contributed by atoms with Crippen LogP contribution in [-0.2, 0) is 19.1 Å². The van der Waals surface area contributed by atoms with Crippen molar-refractivity contribution in [2.75, 3.05) is 30.4 Å². The summed E-state index contributed by atoms with van der Waals surface area (Å²) in [5.41, 5.74) is 1.73. The fourth-order valence-electron chi connectivity index (χ4n) is 3.98. The van der Waals surface area contributed by atoms with Crippen LogP contribution >= 0.6 is 0 Å². The average Bonchev–Trinajstić information content (AvgIpc) is 3.40. The monoisotopic (exact) mass is 547 g/mol. The van der Waals surface area contributed by atoms with Crippen LogP contribution in [-0.4, -0.2) is 61.7 Å². The molecule has 4 heterocycles. The number of pyridine rings is 1. The maximum atomic E-state index is 13.7. The van der Waals surface area contributed by atoms with Crippen molar-refractivity contribution in [3.63, 3.8) is 0 Å². The Balaban J connectivity index is 1.38. The van der Waals surface area contributed by atoms with Gasteiger partial charge in [0.2, 0.25) is 18.1 Å². The van der Waals surface area contributed by atoms with Gasteiger partial charge in [0.1, 0.15) is 5.82 Å². The van der Waals surface area contributed by atoms with E-state index in [0.29, 0.717) is 34.2 Å². The fourth-order valence-corrected chi connectivity index (χ4v) is 3.98. The number of aliphatic carboxylic acids is 1. The number of carboxylic acid groups (broad SMARTS) is 1. The number of carbonyl (C=O) groups is 2. The van der Waals surface area contributed by atoms with Crippen LogP contribution in [0.5, 0.6) is 0 Å². The van der Waals surface area contributed by atoms with E-state index in [2.05, 4.69) is 30.6 Å². The molecule has 4 aromatic rings. The lowest BCUT2D eigenvalue weighted by atomic mass is 9.91. The largest absolute Gasteiger partial charge is 0.481 e. The summed E-state index contributed by atoms with van der Waals surface area (Å²) < 4.78 is 25.5. The highest BCUT2D eigenvalue weighted by molar-refractivity contribution is 5.95. The topological polar surface area (TPSA) is 164 Å². The van der Waals surface area contributed by atoms with Crippen LogP contribution in [0, 0.1) is 11.2 Å². The van der Waals surface area contributed by atoms with Gasteiger partial charge >= 0.3 is 5.97 Å². The van der Waals surface area contributed by atoms with Gasteiger partial charge < -0.3 is 30.2 Å². The summed E-state index contributed by atoms with van der Waals surface area (Å²) in [6.45, 7) is 2.04. The van der Waals surface area contributed by atoms with E-state index in [9.17, 15) is 14.0 Å². The standard InChI is InChI=1S/C27H26FN7O5/c1-27(25(38)32-18-6-10-29-11-7-18)14-39-24(40-15-27)23-34-21(16-2-4-17(28)5-3-16)22(35-23)19-8-12-30-26(33-19)31-13-9-20(36)37/h2-8,10-12,24H,9,13-15H2,1H3,(H,34,35)(H,36,37)(H,29,32,38)(H,30,31,33). The van der Waals surface area contributed by atoms with E-state index in [4.69, 9.17) is 19.6 Å². The van der Waals surface area contributed by atoms with Gasteiger partial charge in [-0.3, -0.25) is 14.6 Å². The Hall–Kier alpha value is -4.75. The second kappa shape index (κ2) is 11.6. The molecular weight excluding hydrogens is 521 g/mol. The summed E-state index contributed by atoms with van der Waals surface area (Å²) in [5.74, 6) is -1.02. The predicted octanol–water partition coefficient (Wildman–Crippen LogP) is 3.64. The number of nitrogens with one attached hydrogen (secondary N) is 3. The summed E-state index contributed by atoms with van der Waals surface area (Å²) >= 11 is 0. The summed E-state index contributed by atoms with van der Waals surface area (Å²) in [4.78, 5) is 44.3. The van der Waals surface area contributed by atoms with Crippen LogP contribution in [0.1, 0.15) is 25.5 Å². The smallest absolute Gasteiger partial charge is 0.305 e. The van der Waals surface area contributed by atoms with Crippen LogP contribution in [0.3, 0.4) is 0 Å². The highest BCUT2D eigenvalue weighted by atomic mass is 19.1. The highest BCUT2D eigenvalue weighted by Crippen LogP contribution is 2.36. The highest BCUT2D eigenvalue weighted by Gasteiger charge is 2.41. The Bertz CT molecular complexity index is 1490. The van der Waals surface area contributed by atoms with Gasteiger partial charge in [0, 0.05) is 36.4 Å². The van der Waals surface area contributed by atoms with Gasteiger partial charge in [0.05, 0.1) is 42.1 Å². The maximum Gasteiger partial charge on any atom is 0.305 e. The van der Waals surface area contributed by atoms with Crippen LogP contribution in [0.25, 0.3) is 22.6 Å². The number of rotatable bonds is 9. The van der Waals surface area contributed by atoms with Crippen LogP contribution in [0.4, 0.5) is 16.0 Å². The van der Waals surface area contributed by atoms with Crippen molar-refractivity contribution < 1.29 is 28.6 Å². The minimum Gasteiger partial charge on any atom is -0.481 e. The molecule has 1 aliphatic heterocycles. The van der Waals surface area contributed by atoms with Crippen molar-refractivity contribution in [3.05, 3.63) is 72.7 Å². The molecule has 1 aromatic carbocycles. The number of amides is 1. The van der Waals surface area contributed by atoms with Crippen molar-refractivity contribution >= 4 is 23.5 Å². The summed E-state index contributed by atoms with van der Waals surface area (Å²) in [6, 6.07) is 10.9. The third-order valence-corrected chi connectivity index (χ3v) is 6.19. The first-order chi connectivity index (χ1) is 19.3. The maximum absolute atomic E-state index is 13.7. The zero-order valence-corrected chi connectivity index (χ0v) is 21.4. The van der Waals surface area contributed by atoms with E-state index >= 15 is 0 Å². The molecular formula is C27H26FN7O5. The second-order valence-electron chi connectivity index (χ2n) is 9.39. The molecule has 5 rings (SSSR count). The Morgan fingerprint density at radius 1 is 1.07 bits per heavy atom. The van der Waals surface area contributed by atoms with Crippen molar-refractivity contribution in [2.24, 2.45) is 5.41 Å². The number of halogens is 1. The Kier molecular flexibility index (Phi) is 7.75. The molecule has 4 N–H and O–H groups in total. The third-order valence-electron chi connectivity index (χ3n) is 6.19. The molecule has 206 valence electrons. The van der Waals surface area contributed by atoms with Crippen molar-refractivity contribution in [1.29, 1.82) is 0 Å². The Labute approximate surface area is 228 Å². The Morgan fingerprint density at radius 2 is 1.80 bits per heavy atom. The number of hydrogen-bond donors (Lipinski definition) is 4. The SMILES string of the molecule is CC1(C(=O)Nc2ccncc2)COC(c2nc(-c3ccc(F)cc3)c(-c3ccnc(NCCC(=O)O)n3)[nH]2)OC1. The lowest BCUT2D eigenvalue weighted by Gasteiger charge is -2.35. The third kappa shape index (κ3) is 6.11. The second-order valence-corrected chi connectivity index (χ2v) is 9.39. The normalized spacial score (nSPS) is 18.7. The molecule has 12 nitrogen and oxygen atoms in total. The molecule has 0 atom stereocenters. The molecule has 0 radical (unpaired) electrons. The predicted molar refractivity (Wildman–Crippen MR) is 141 cm³/mol. The quantitative estimate of drug-likeness (QED) is 0.243. The number of nitrogens with zero attached hydrogens (tertiary/aromatic N) is 4. The number of aromatic nitrogens is 5. The van der Waals surface area contributed by atoms with E-state index in [1.807, 2.05) is 0 Å². The molecule has 1 amide bonds. The number of anilines is 2. The molecule has 0 aliphatic carbocycles. The lowest BCUT2D eigenvalue weighted by molar-refractivity contribution is -0.229. The van der Waals surface area contributed by atoms with Crippen LogP contribution in [0.15, 0.2) is 61.1 Å². The lowest BCUT2D eigenvalue weighted by Crippen LogP contribution is -2.45. The molecule has 1 aliphatic rings. The molecule has 0 bridgehead atoms. The van der Waals surface area contributed by atoms with Gasteiger partial charge in [-0.2, -0.15) is 0 Å². The van der Waals surface area contributed by atoms with Gasteiger partial charge in [0.25, 0.3) is 0 Å². The van der Waals surface area contributed by atoms with Gasteiger partial charge in [-0.15, -0.1) is 0 Å². The molecule has 40 heavy (non-hydrogen) atoms. The first-order valence-electron chi connectivity index (χ1n) is 12.4. The Morgan fingerprint density at radius 3 is 2.50 bits per heavy atom. The summed E-state index contributed by atoms with van der Waals surface area (Å²) in [5, 5.41) is 14.6. The number of imidazole rings is 1. The number of benzene rings is 1. The minimum atomic E-state index is -0.946. The summed E-state index contributed by atoms with van der Waals surface area (Å²) in [7, 11) is 0. The van der Waals surface area contributed by atoms with E-state index in [1.165, 1.54) is 18.3 Å². The van der Waals surface area contributed by atoms with Gasteiger partial charge in [-0.05, 0) is 49.4 Å². The molecule has 3 aromatic heterocycles. The van der Waals surface area contributed by atoms with E-state index in [0.717, 1.165) is 0 Å². The molecule has 0 saturated carbocycles. The zero-order valence-electron chi connectivity index (χ0n) is 21.4. The van der Waals surface area contributed by atoms with Crippen molar-refractivity contribution in [1.82, 2.24) is 24.9 Å². The first kappa shape index (κ1) is 26.8. The van der Waals surface area contributed by atoms with Crippen molar-refractivity contribution in [2.45, 2.75) is 19.6 Å². The van der Waals surface area contributed by atoms with E-state index < -0.39 is 23.5 Å². The van der Waals surface area contributed by atoms with Gasteiger partial charge in [-0.25, -0.2) is 19.3 Å². The molecule has 0 spiro atoms. The number of ether oxygens (including phenoxy) is 2. The summed E-state index contributed by atoms with van der Waals surface area (Å²) in [6.07, 6.45) is 3.70.